The number of nitrogens with one attached hydrogen (secondary N) is 1. The molecule has 1 fully saturated rings. The molecule has 2 rings (SSSR count). The normalized spacial score (nSPS) is 17.7. The van der Waals surface area contributed by atoms with E-state index in [1.54, 1.807) is 0 Å². The second kappa shape index (κ2) is 9.66. The number of unbranched alkanes of at least 4 members (excludes halogenated alkanes) is 1. The molecule has 1 aliphatic rings. The summed E-state index contributed by atoms with van der Waals surface area (Å²) in [6, 6.07) is 10.8. The Kier molecular flexibility index (Phi) is 7.89. The lowest BCUT2D eigenvalue weighted by Crippen LogP contribution is -2.07. The van der Waals surface area contributed by atoms with Crippen molar-refractivity contribution < 1.29 is 9.53 Å². The van der Waals surface area contributed by atoms with Gasteiger partial charge in [0, 0.05) is 6.54 Å². The second-order valence-electron chi connectivity index (χ2n) is 4.39. The molecule has 99 valence electrons. The Balaban J connectivity index is 0.000000203. The molecule has 0 aliphatic carbocycles. The van der Waals surface area contributed by atoms with Gasteiger partial charge in [0.05, 0.1) is 6.61 Å². The Morgan fingerprint density at radius 2 is 2.17 bits per heavy atom. The SMILES string of the molecule is CCCCO[C]=O.c1ccc(C2CCNC2)cc1. The van der Waals surface area contributed by atoms with Gasteiger partial charge in [-0.3, -0.25) is 0 Å². The van der Waals surface area contributed by atoms with Crippen LogP contribution in [0.25, 0.3) is 0 Å². The number of ether oxygens (including phenoxy) is 1. The molecule has 1 atom stereocenters. The monoisotopic (exact) mass is 248 g/mol. The van der Waals surface area contributed by atoms with Gasteiger partial charge in [0.1, 0.15) is 0 Å². The molecule has 0 bridgehead atoms. The Labute approximate surface area is 110 Å². The molecule has 18 heavy (non-hydrogen) atoms. The first kappa shape index (κ1) is 14.7. The summed E-state index contributed by atoms with van der Waals surface area (Å²) >= 11 is 0. The van der Waals surface area contributed by atoms with Crippen molar-refractivity contribution in [2.24, 2.45) is 0 Å². The summed E-state index contributed by atoms with van der Waals surface area (Å²) in [7, 11) is 0. The van der Waals surface area contributed by atoms with E-state index in [9.17, 15) is 4.79 Å². The van der Waals surface area contributed by atoms with Crippen LogP contribution in [-0.4, -0.2) is 26.2 Å². The van der Waals surface area contributed by atoms with Crippen molar-refractivity contribution >= 4 is 6.47 Å². The van der Waals surface area contributed by atoms with Crippen molar-refractivity contribution in [2.75, 3.05) is 19.7 Å². The fraction of sp³-hybridized carbons (Fsp3) is 0.533. The summed E-state index contributed by atoms with van der Waals surface area (Å²) < 4.78 is 4.27. The van der Waals surface area contributed by atoms with Crippen LogP contribution in [0.5, 0.6) is 0 Å². The third-order valence-electron chi connectivity index (χ3n) is 2.99. The fourth-order valence-electron chi connectivity index (χ4n) is 1.92. The van der Waals surface area contributed by atoms with Gasteiger partial charge < -0.3 is 10.1 Å². The van der Waals surface area contributed by atoms with Gasteiger partial charge in [0.2, 0.25) is 0 Å². The molecular formula is C15H22NO2. The molecule has 0 spiro atoms. The largest absolute Gasteiger partial charge is 0.457 e. The maximum Gasteiger partial charge on any atom is 0.417 e. The van der Waals surface area contributed by atoms with Crippen LogP contribution in [0.15, 0.2) is 30.3 Å². The number of benzene rings is 1. The van der Waals surface area contributed by atoms with Gasteiger partial charge in [-0.2, -0.15) is 0 Å². The van der Waals surface area contributed by atoms with Gasteiger partial charge in [0.15, 0.2) is 0 Å². The van der Waals surface area contributed by atoms with E-state index in [4.69, 9.17) is 0 Å². The molecule has 1 aromatic carbocycles. The summed E-state index contributed by atoms with van der Waals surface area (Å²) in [4.78, 5) is 9.33. The van der Waals surface area contributed by atoms with Crippen LogP contribution in [0.4, 0.5) is 0 Å². The van der Waals surface area contributed by atoms with Crippen molar-refractivity contribution in [2.45, 2.75) is 32.1 Å². The molecule has 0 saturated carbocycles. The molecule has 1 radical (unpaired) electrons. The first-order chi connectivity index (χ1) is 8.88. The van der Waals surface area contributed by atoms with Gasteiger partial charge in [-0.05, 0) is 30.9 Å². The van der Waals surface area contributed by atoms with Gasteiger partial charge in [-0.15, -0.1) is 0 Å². The minimum atomic E-state index is 0.514. The molecule has 1 saturated heterocycles. The van der Waals surface area contributed by atoms with Crippen molar-refractivity contribution in [3.63, 3.8) is 0 Å². The van der Waals surface area contributed by atoms with Crippen LogP contribution >= 0.6 is 0 Å². The zero-order chi connectivity index (χ0) is 13.1. The lowest BCUT2D eigenvalue weighted by molar-refractivity contribution is 0.272. The fourth-order valence-corrected chi connectivity index (χ4v) is 1.92. The van der Waals surface area contributed by atoms with E-state index in [0.717, 1.165) is 25.3 Å². The van der Waals surface area contributed by atoms with Gasteiger partial charge >= 0.3 is 6.47 Å². The van der Waals surface area contributed by atoms with Crippen molar-refractivity contribution in [3.05, 3.63) is 35.9 Å². The summed E-state index contributed by atoms with van der Waals surface area (Å²) in [5.74, 6) is 0.760. The quantitative estimate of drug-likeness (QED) is 0.814. The second-order valence-corrected chi connectivity index (χ2v) is 4.39. The highest BCUT2D eigenvalue weighted by atomic mass is 16.5. The smallest absolute Gasteiger partial charge is 0.417 e. The minimum Gasteiger partial charge on any atom is -0.457 e. The highest BCUT2D eigenvalue weighted by Gasteiger charge is 2.15. The van der Waals surface area contributed by atoms with Crippen molar-refractivity contribution in [1.29, 1.82) is 0 Å². The lowest BCUT2D eigenvalue weighted by atomic mass is 9.99. The van der Waals surface area contributed by atoms with Crippen molar-refractivity contribution in [3.8, 4) is 0 Å². The molecule has 1 aromatic rings. The van der Waals surface area contributed by atoms with E-state index < -0.39 is 0 Å². The molecule has 1 aliphatic heterocycles. The predicted octanol–water partition coefficient (Wildman–Crippen LogP) is 2.63. The number of hydrogen-bond acceptors (Lipinski definition) is 3. The highest BCUT2D eigenvalue weighted by molar-refractivity contribution is 5.37. The lowest BCUT2D eigenvalue weighted by Gasteiger charge is -2.06. The van der Waals surface area contributed by atoms with E-state index in [-0.39, 0.29) is 0 Å². The number of carbonyl (C=O) groups excluding carboxylic acids is 1. The van der Waals surface area contributed by atoms with E-state index >= 15 is 0 Å². The van der Waals surface area contributed by atoms with Crippen LogP contribution in [0, 0.1) is 0 Å². The average Bonchev–Trinajstić information content (AvgIpc) is 2.95. The van der Waals surface area contributed by atoms with E-state index in [1.165, 1.54) is 25.0 Å². The van der Waals surface area contributed by atoms with Gasteiger partial charge in [-0.1, -0.05) is 43.7 Å². The number of rotatable bonds is 5. The summed E-state index contributed by atoms with van der Waals surface area (Å²) in [6.45, 7) is 6.24. The van der Waals surface area contributed by atoms with E-state index in [1.807, 2.05) is 6.92 Å². The number of hydrogen-bond donors (Lipinski definition) is 1. The average molecular weight is 248 g/mol. The molecule has 3 nitrogen and oxygen atoms in total. The molecule has 1 heterocycles. The Morgan fingerprint density at radius 1 is 1.39 bits per heavy atom. The molecule has 0 aromatic heterocycles. The van der Waals surface area contributed by atoms with Crippen LogP contribution in [0.1, 0.15) is 37.7 Å². The Bertz CT molecular complexity index is 308. The first-order valence-electron chi connectivity index (χ1n) is 6.63. The highest BCUT2D eigenvalue weighted by Crippen LogP contribution is 2.21. The zero-order valence-electron chi connectivity index (χ0n) is 11.0. The van der Waals surface area contributed by atoms with E-state index in [0.29, 0.717) is 6.61 Å². The topological polar surface area (TPSA) is 38.3 Å². The first-order valence-corrected chi connectivity index (χ1v) is 6.63. The molecule has 1 N–H and O–H groups in total. The molecule has 3 heteroatoms. The van der Waals surface area contributed by atoms with Crippen molar-refractivity contribution in [1.82, 2.24) is 5.32 Å². The Hall–Kier alpha value is -1.35. The van der Waals surface area contributed by atoms with Crippen LogP contribution < -0.4 is 5.32 Å². The Morgan fingerprint density at radius 3 is 2.72 bits per heavy atom. The zero-order valence-corrected chi connectivity index (χ0v) is 11.0. The minimum absolute atomic E-state index is 0.514. The third kappa shape index (κ3) is 5.82. The molecule has 1 unspecified atom stereocenters. The molecule has 0 amide bonds. The standard InChI is InChI=1S/C10H13N.C5H9O2/c1-2-4-9(5-3-1)10-6-7-11-8-10;1-2-3-4-7-5-6/h1-5,10-11H,6-8H2;2-4H2,1H3. The van der Waals surface area contributed by atoms with Crippen LogP contribution in [0.3, 0.4) is 0 Å². The van der Waals surface area contributed by atoms with Gasteiger partial charge in [0.25, 0.3) is 0 Å². The van der Waals surface area contributed by atoms with E-state index in [2.05, 4.69) is 40.4 Å². The summed E-state index contributed by atoms with van der Waals surface area (Å²) in [5.41, 5.74) is 1.48. The third-order valence-corrected chi connectivity index (χ3v) is 2.99. The predicted molar refractivity (Wildman–Crippen MR) is 73.2 cm³/mol. The van der Waals surface area contributed by atoms with Crippen LogP contribution in [-0.2, 0) is 9.53 Å². The maximum atomic E-state index is 9.33. The van der Waals surface area contributed by atoms with Gasteiger partial charge in [-0.25, -0.2) is 4.79 Å². The van der Waals surface area contributed by atoms with Crippen LogP contribution in [0.2, 0.25) is 0 Å². The maximum absolute atomic E-state index is 9.33. The molecular weight excluding hydrogens is 226 g/mol. The summed E-state index contributed by atoms with van der Waals surface area (Å²) in [5, 5.41) is 3.37. The summed E-state index contributed by atoms with van der Waals surface area (Å²) in [6.07, 6.45) is 3.29.